The summed E-state index contributed by atoms with van der Waals surface area (Å²) in [6.45, 7) is 3.43. The van der Waals surface area contributed by atoms with E-state index in [2.05, 4.69) is 5.32 Å². The third kappa shape index (κ3) is 5.55. The minimum Gasteiger partial charge on any atom is -0.324 e. The molecule has 1 aliphatic heterocycles. The van der Waals surface area contributed by atoms with Crippen LogP contribution in [0.25, 0.3) is 0 Å². The van der Waals surface area contributed by atoms with Crippen LogP contribution in [0.1, 0.15) is 23.1 Å². The number of amides is 3. The molecule has 170 valence electrons. The standard InChI is InChI=1S/C26H25F2N3O2/c1-18-3-12-24(23(15-18)29-25(32)16-19-4-8-21(27)9-5-19)31-14-2-13-30(26(31)33)17-20-6-10-22(28)11-7-20/h3-12,15H,2,13-14,16-17H2,1H3,(H,29,32). The Hall–Kier alpha value is -3.74. The third-order valence-corrected chi connectivity index (χ3v) is 5.59. The maximum atomic E-state index is 13.3. The molecule has 1 aliphatic rings. The third-order valence-electron chi connectivity index (χ3n) is 5.59. The molecule has 0 aromatic heterocycles. The fourth-order valence-corrected chi connectivity index (χ4v) is 3.93. The topological polar surface area (TPSA) is 52.6 Å². The Morgan fingerprint density at radius 3 is 2.21 bits per heavy atom. The van der Waals surface area contributed by atoms with E-state index in [1.54, 1.807) is 34.1 Å². The predicted molar refractivity (Wildman–Crippen MR) is 124 cm³/mol. The van der Waals surface area contributed by atoms with E-state index in [0.717, 1.165) is 17.5 Å². The summed E-state index contributed by atoms with van der Waals surface area (Å²) in [5.41, 5.74) is 3.68. The van der Waals surface area contributed by atoms with E-state index in [1.165, 1.54) is 24.3 Å². The van der Waals surface area contributed by atoms with Crippen LogP contribution in [0.5, 0.6) is 0 Å². The number of halogens is 2. The molecule has 0 bridgehead atoms. The Bertz CT molecular complexity index is 1150. The van der Waals surface area contributed by atoms with E-state index in [4.69, 9.17) is 0 Å². The van der Waals surface area contributed by atoms with Crippen LogP contribution in [0.3, 0.4) is 0 Å². The second-order valence-corrected chi connectivity index (χ2v) is 8.21. The molecule has 0 radical (unpaired) electrons. The zero-order chi connectivity index (χ0) is 23.4. The van der Waals surface area contributed by atoms with E-state index in [1.807, 2.05) is 25.1 Å². The molecule has 1 fully saturated rings. The fourth-order valence-electron chi connectivity index (χ4n) is 3.93. The van der Waals surface area contributed by atoms with Crippen LogP contribution in [0, 0.1) is 18.6 Å². The number of nitrogens with zero attached hydrogens (tertiary/aromatic N) is 2. The van der Waals surface area contributed by atoms with Gasteiger partial charge in [0.05, 0.1) is 17.8 Å². The molecule has 0 atom stereocenters. The van der Waals surface area contributed by atoms with Crippen LogP contribution >= 0.6 is 0 Å². The summed E-state index contributed by atoms with van der Waals surface area (Å²) < 4.78 is 26.4. The molecule has 4 rings (SSSR count). The predicted octanol–water partition coefficient (Wildman–Crippen LogP) is 5.29. The van der Waals surface area contributed by atoms with Gasteiger partial charge in [0.1, 0.15) is 11.6 Å². The first kappa shape index (κ1) is 22.5. The largest absolute Gasteiger partial charge is 0.324 e. The van der Waals surface area contributed by atoms with Gasteiger partial charge in [0, 0.05) is 19.6 Å². The summed E-state index contributed by atoms with van der Waals surface area (Å²) in [6.07, 6.45) is 0.863. The lowest BCUT2D eigenvalue weighted by atomic mass is 10.1. The van der Waals surface area contributed by atoms with Crippen molar-refractivity contribution in [2.75, 3.05) is 23.3 Å². The van der Waals surface area contributed by atoms with Gasteiger partial charge in [0.2, 0.25) is 5.91 Å². The van der Waals surface area contributed by atoms with Crippen molar-refractivity contribution in [2.24, 2.45) is 0 Å². The van der Waals surface area contributed by atoms with Crippen LogP contribution < -0.4 is 10.2 Å². The molecule has 0 spiro atoms. The average molecular weight is 450 g/mol. The van der Waals surface area contributed by atoms with Crippen LogP contribution in [0.15, 0.2) is 66.7 Å². The van der Waals surface area contributed by atoms with Crippen molar-refractivity contribution in [3.63, 3.8) is 0 Å². The summed E-state index contributed by atoms with van der Waals surface area (Å²) in [7, 11) is 0. The number of carbonyl (C=O) groups is 2. The highest BCUT2D eigenvalue weighted by atomic mass is 19.1. The molecule has 33 heavy (non-hydrogen) atoms. The summed E-state index contributed by atoms with van der Waals surface area (Å²) in [5, 5.41) is 2.92. The van der Waals surface area contributed by atoms with Gasteiger partial charge in [-0.1, -0.05) is 30.3 Å². The number of aryl methyl sites for hydroxylation is 1. The van der Waals surface area contributed by atoms with Crippen molar-refractivity contribution < 1.29 is 18.4 Å². The first-order valence-electron chi connectivity index (χ1n) is 10.8. The highest BCUT2D eigenvalue weighted by molar-refractivity contribution is 6.01. The summed E-state index contributed by atoms with van der Waals surface area (Å²) in [5.74, 6) is -0.916. The number of benzene rings is 3. The van der Waals surface area contributed by atoms with Crippen LogP contribution in [-0.2, 0) is 17.8 Å². The molecule has 3 aromatic carbocycles. The molecule has 3 amide bonds. The molecule has 0 aliphatic carbocycles. The highest BCUT2D eigenvalue weighted by Crippen LogP contribution is 2.30. The molecule has 0 unspecified atom stereocenters. The van der Waals surface area contributed by atoms with E-state index in [0.29, 0.717) is 36.6 Å². The van der Waals surface area contributed by atoms with Gasteiger partial charge in [-0.15, -0.1) is 0 Å². The summed E-state index contributed by atoms with van der Waals surface area (Å²) >= 11 is 0. The number of anilines is 2. The quantitative estimate of drug-likeness (QED) is 0.556. The Balaban J connectivity index is 1.51. The smallest absolute Gasteiger partial charge is 0.324 e. The molecule has 1 N–H and O–H groups in total. The highest BCUT2D eigenvalue weighted by Gasteiger charge is 2.28. The lowest BCUT2D eigenvalue weighted by molar-refractivity contribution is -0.115. The SMILES string of the molecule is Cc1ccc(N2CCCN(Cc3ccc(F)cc3)C2=O)c(NC(=O)Cc2ccc(F)cc2)c1. The van der Waals surface area contributed by atoms with Gasteiger partial charge >= 0.3 is 6.03 Å². The molecule has 3 aromatic rings. The monoisotopic (exact) mass is 449 g/mol. The van der Waals surface area contributed by atoms with Crippen molar-refractivity contribution in [3.8, 4) is 0 Å². The van der Waals surface area contributed by atoms with Crippen molar-refractivity contribution in [1.82, 2.24) is 4.90 Å². The number of nitrogens with one attached hydrogen (secondary N) is 1. The van der Waals surface area contributed by atoms with E-state index >= 15 is 0 Å². The Morgan fingerprint density at radius 1 is 0.909 bits per heavy atom. The lowest BCUT2D eigenvalue weighted by Crippen LogP contribution is -2.49. The van der Waals surface area contributed by atoms with Crippen molar-refractivity contribution >= 4 is 23.3 Å². The van der Waals surface area contributed by atoms with Crippen LogP contribution in [0.4, 0.5) is 25.0 Å². The minimum atomic E-state index is -0.353. The van der Waals surface area contributed by atoms with Gasteiger partial charge in [-0.3, -0.25) is 9.69 Å². The minimum absolute atomic E-state index is 0.0955. The Labute approximate surface area is 191 Å². The van der Waals surface area contributed by atoms with Crippen molar-refractivity contribution in [1.29, 1.82) is 0 Å². The fraction of sp³-hybridized carbons (Fsp3) is 0.231. The molecule has 1 heterocycles. The molecule has 0 saturated carbocycles. The second-order valence-electron chi connectivity index (χ2n) is 8.21. The molecule has 5 nitrogen and oxygen atoms in total. The average Bonchev–Trinajstić information content (AvgIpc) is 2.79. The number of hydrogen-bond acceptors (Lipinski definition) is 2. The number of urea groups is 1. The van der Waals surface area contributed by atoms with E-state index in [9.17, 15) is 18.4 Å². The van der Waals surface area contributed by atoms with E-state index in [-0.39, 0.29) is 30.0 Å². The summed E-state index contributed by atoms with van der Waals surface area (Å²) in [6, 6.07) is 17.3. The number of hydrogen-bond donors (Lipinski definition) is 1. The van der Waals surface area contributed by atoms with E-state index < -0.39 is 0 Å². The second kappa shape index (κ2) is 9.81. The van der Waals surface area contributed by atoms with Gasteiger partial charge in [0.25, 0.3) is 0 Å². The van der Waals surface area contributed by atoms with Crippen LogP contribution in [-0.4, -0.2) is 29.9 Å². The molecule has 1 saturated heterocycles. The summed E-state index contributed by atoms with van der Waals surface area (Å²) in [4.78, 5) is 29.3. The van der Waals surface area contributed by atoms with Gasteiger partial charge in [-0.25, -0.2) is 13.6 Å². The first-order chi connectivity index (χ1) is 15.9. The van der Waals surface area contributed by atoms with Crippen molar-refractivity contribution in [2.45, 2.75) is 26.3 Å². The Kier molecular flexibility index (Phi) is 6.68. The molecule has 7 heteroatoms. The van der Waals surface area contributed by atoms with Crippen LogP contribution in [0.2, 0.25) is 0 Å². The lowest BCUT2D eigenvalue weighted by Gasteiger charge is -2.36. The normalized spacial score (nSPS) is 13.8. The van der Waals surface area contributed by atoms with Gasteiger partial charge in [0.15, 0.2) is 0 Å². The maximum Gasteiger partial charge on any atom is 0.324 e. The number of rotatable bonds is 6. The van der Waals surface area contributed by atoms with Gasteiger partial charge in [-0.2, -0.15) is 0 Å². The molecular weight excluding hydrogens is 424 g/mol. The first-order valence-corrected chi connectivity index (χ1v) is 10.8. The molecular formula is C26H25F2N3O2. The Morgan fingerprint density at radius 2 is 1.55 bits per heavy atom. The van der Waals surface area contributed by atoms with Gasteiger partial charge in [-0.05, 0) is 66.4 Å². The maximum absolute atomic E-state index is 13.3. The van der Waals surface area contributed by atoms with Gasteiger partial charge < -0.3 is 10.2 Å². The number of carbonyl (C=O) groups excluding carboxylic acids is 2. The zero-order valence-corrected chi connectivity index (χ0v) is 18.4. The zero-order valence-electron chi connectivity index (χ0n) is 18.4. The van der Waals surface area contributed by atoms with Crippen molar-refractivity contribution in [3.05, 3.63) is 95.1 Å².